The van der Waals surface area contributed by atoms with Gasteiger partial charge in [-0.2, -0.15) is 5.06 Å². The van der Waals surface area contributed by atoms with Crippen molar-refractivity contribution in [2.24, 2.45) is 0 Å². The van der Waals surface area contributed by atoms with Crippen LogP contribution in [0.4, 0.5) is 9.18 Å². The van der Waals surface area contributed by atoms with Crippen LogP contribution in [0.3, 0.4) is 0 Å². The van der Waals surface area contributed by atoms with Gasteiger partial charge in [-0.15, -0.1) is 0 Å². The Kier molecular flexibility index (Phi) is 2.75. The first-order valence-corrected chi connectivity index (χ1v) is 4.16. The minimum Gasteiger partial charge on any atom is -0.442 e. The van der Waals surface area contributed by atoms with E-state index < -0.39 is 17.9 Å². The Labute approximate surface area is 76.6 Å². The molecule has 1 saturated heterocycles. The van der Waals surface area contributed by atoms with Crippen LogP contribution in [0.25, 0.3) is 0 Å². The number of hydrogen-bond donors (Lipinski definition) is 0. The van der Waals surface area contributed by atoms with E-state index in [2.05, 4.69) is 0 Å². The fourth-order valence-corrected chi connectivity index (χ4v) is 0.896. The molecule has 1 aliphatic heterocycles. The molecule has 0 aromatic rings. The number of carbonyl (C=O) groups is 1. The van der Waals surface area contributed by atoms with Crippen LogP contribution in [0, 0.1) is 0 Å². The average Bonchev–Trinajstić information content (AvgIpc) is 2.31. The molecular weight excluding hydrogens is 177 g/mol. The molecule has 0 radical (unpaired) electrons. The summed E-state index contributed by atoms with van der Waals surface area (Å²) in [6.07, 6.45) is -1.74. The Morgan fingerprint density at radius 3 is 2.62 bits per heavy atom. The van der Waals surface area contributed by atoms with Crippen LogP contribution in [0.15, 0.2) is 0 Å². The third-order valence-corrected chi connectivity index (χ3v) is 1.37. The molecule has 0 spiro atoms. The first kappa shape index (κ1) is 10.2. The number of carbonyl (C=O) groups excluding carboxylic acids is 1. The van der Waals surface area contributed by atoms with Crippen molar-refractivity contribution < 1.29 is 18.8 Å². The maximum Gasteiger partial charge on any atom is 0.434 e. The van der Waals surface area contributed by atoms with Gasteiger partial charge in [-0.1, -0.05) is 0 Å². The second kappa shape index (κ2) is 3.49. The minimum atomic E-state index is -1.10. The number of hydroxylamine groups is 2. The van der Waals surface area contributed by atoms with Crippen LogP contribution in [-0.4, -0.2) is 36.1 Å². The lowest BCUT2D eigenvalue weighted by atomic mass is 10.2. The van der Waals surface area contributed by atoms with Crippen molar-refractivity contribution in [1.82, 2.24) is 5.06 Å². The molecule has 1 aliphatic rings. The van der Waals surface area contributed by atoms with Gasteiger partial charge in [-0.25, -0.2) is 9.18 Å². The zero-order valence-corrected chi connectivity index (χ0v) is 8.04. The zero-order valence-electron chi connectivity index (χ0n) is 8.04. The summed E-state index contributed by atoms with van der Waals surface area (Å²) < 4.78 is 17.6. The van der Waals surface area contributed by atoms with Crippen LogP contribution in [-0.2, 0) is 9.57 Å². The van der Waals surface area contributed by atoms with Gasteiger partial charge >= 0.3 is 6.09 Å². The molecule has 0 aliphatic carbocycles. The third kappa shape index (κ3) is 3.18. The summed E-state index contributed by atoms with van der Waals surface area (Å²) >= 11 is 0. The van der Waals surface area contributed by atoms with E-state index in [4.69, 9.17) is 9.57 Å². The largest absolute Gasteiger partial charge is 0.442 e. The lowest BCUT2D eigenvalue weighted by Gasteiger charge is -2.22. The Bertz CT molecular complexity index is 202. The Morgan fingerprint density at radius 2 is 2.23 bits per heavy atom. The number of ether oxygens (including phenoxy) is 1. The first-order valence-electron chi connectivity index (χ1n) is 4.16. The van der Waals surface area contributed by atoms with E-state index >= 15 is 0 Å². The topological polar surface area (TPSA) is 38.8 Å². The van der Waals surface area contributed by atoms with Gasteiger partial charge in [0.2, 0.25) is 0 Å². The molecule has 1 fully saturated rings. The Balaban J connectivity index is 2.41. The van der Waals surface area contributed by atoms with Gasteiger partial charge in [-0.05, 0) is 20.8 Å². The molecule has 1 unspecified atom stereocenters. The van der Waals surface area contributed by atoms with Crippen molar-refractivity contribution in [3.05, 3.63) is 0 Å². The normalized spacial score (nSPS) is 23.4. The number of alkyl halides is 1. The monoisotopic (exact) mass is 191 g/mol. The summed E-state index contributed by atoms with van der Waals surface area (Å²) in [6.45, 7) is 5.11. The molecule has 0 bridgehead atoms. The van der Waals surface area contributed by atoms with Crippen molar-refractivity contribution in [1.29, 1.82) is 0 Å². The van der Waals surface area contributed by atoms with Gasteiger partial charge in [0, 0.05) is 0 Å². The van der Waals surface area contributed by atoms with Gasteiger partial charge < -0.3 is 4.74 Å². The van der Waals surface area contributed by atoms with Crippen molar-refractivity contribution in [2.45, 2.75) is 32.5 Å². The number of nitrogens with zero attached hydrogens (tertiary/aromatic N) is 1. The molecule has 0 aromatic heterocycles. The highest BCUT2D eigenvalue weighted by Gasteiger charge is 2.30. The van der Waals surface area contributed by atoms with Crippen molar-refractivity contribution in [2.75, 3.05) is 13.2 Å². The first-order chi connectivity index (χ1) is 5.88. The van der Waals surface area contributed by atoms with E-state index in [9.17, 15) is 9.18 Å². The fourth-order valence-electron chi connectivity index (χ4n) is 0.896. The van der Waals surface area contributed by atoms with Gasteiger partial charge in [0.15, 0.2) is 0 Å². The van der Waals surface area contributed by atoms with Crippen LogP contribution in [0.5, 0.6) is 0 Å². The van der Waals surface area contributed by atoms with Crippen molar-refractivity contribution in [3.8, 4) is 0 Å². The minimum absolute atomic E-state index is 0.0467. The van der Waals surface area contributed by atoms with Crippen LogP contribution in [0.1, 0.15) is 20.8 Å². The van der Waals surface area contributed by atoms with Gasteiger partial charge in [0.1, 0.15) is 18.4 Å². The Morgan fingerprint density at radius 1 is 1.62 bits per heavy atom. The molecular formula is C8H14FNO3. The molecule has 1 heterocycles. The van der Waals surface area contributed by atoms with Gasteiger partial charge in [0.25, 0.3) is 0 Å². The van der Waals surface area contributed by atoms with Crippen molar-refractivity contribution >= 4 is 6.09 Å². The third-order valence-electron chi connectivity index (χ3n) is 1.37. The van der Waals surface area contributed by atoms with Gasteiger partial charge in [-0.3, -0.25) is 4.84 Å². The number of amides is 1. The molecule has 1 amide bonds. The number of halogens is 1. The summed E-state index contributed by atoms with van der Waals surface area (Å²) in [7, 11) is 0. The quantitative estimate of drug-likeness (QED) is 0.582. The van der Waals surface area contributed by atoms with E-state index in [0.29, 0.717) is 0 Å². The standard InChI is InChI=1S/C8H14FNO3/c1-8(2,3)13-7(11)10-4-6(9)5-12-10/h6H,4-5H2,1-3H3. The average molecular weight is 191 g/mol. The molecule has 1 rings (SSSR count). The van der Waals surface area contributed by atoms with E-state index in [1.165, 1.54) is 0 Å². The fraction of sp³-hybridized carbons (Fsp3) is 0.875. The Hall–Kier alpha value is -0.840. The summed E-state index contributed by atoms with van der Waals surface area (Å²) in [4.78, 5) is 16.0. The maximum atomic E-state index is 12.6. The highest BCUT2D eigenvalue weighted by molar-refractivity contribution is 5.67. The molecule has 76 valence electrons. The molecule has 4 nitrogen and oxygen atoms in total. The predicted octanol–water partition coefficient (Wildman–Crippen LogP) is 1.51. The summed E-state index contributed by atoms with van der Waals surface area (Å²) in [6, 6.07) is 0. The maximum absolute atomic E-state index is 12.6. The molecule has 0 N–H and O–H groups in total. The molecule has 0 aromatic carbocycles. The molecule has 13 heavy (non-hydrogen) atoms. The summed E-state index contributed by atoms with van der Waals surface area (Å²) in [5.41, 5.74) is -0.575. The van der Waals surface area contributed by atoms with E-state index in [1.54, 1.807) is 20.8 Å². The van der Waals surface area contributed by atoms with E-state index in [0.717, 1.165) is 5.06 Å². The second-order valence-electron chi connectivity index (χ2n) is 3.93. The molecule has 5 heteroatoms. The summed E-state index contributed by atoms with van der Waals surface area (Å²) in [5.74, 6) is 0. The second-order valence-corrected chi connectivity index (χ2v) is 3.93. The van der Waals surface area contributed by atoms with Crippen molar-refractivity contribution in [3.63, 3.8) is 0 Å². The van der Waals surface area contributed by atoms with Crippen LogP contribution < -0.4 is 0 Å². The predicted molar refractivity (Wildman–Crippen MR) is 43.8 cm³/mol. The van der Waals surface area contributed by atoms with Crippen LogP contribution in [0.2, 0.25) is 0 Å². The number of hydrogen-bond acceptors (Lipinski definition) is 3. The smallest absolute Gasteiger partial charge is 0.434 e. The highest BCUT2D eigenvalue weighted by Crippen LogP contribution is 2.14. The van der Waals surface area contributed by atoms with E-state index in [-0.39, 0.29) is 13.2 Å². The van der Waals surface area contributed by atoms with Crippen LogP contribution >= 0.6 is 0 Å². The van der Waals surface area contributed by atoms with E-state index in [1.807, 2.05) is 0 Å². The molecule has 0 saturated carbocycles. The highest BCUT2D eigenvalue weighted by atomic mass is 19.1. The SMILES string of the molecule is CC(C)(C)OC(=O)N1CC(F)CO1. The summed E-state index contributed by atoms with van der Waals surface area (Å²) in [5, 5.41) is 0.913. The number of rotatable bonds is 0. The zero-order chi connectivity index (χ0) is 10.1. The lowest BCUT2D eigenvalue weighted by Crippen LogP contribution is -2.34. The van der Waals surface area contributed by atoms with Gasteiger partial charge in [0.05, 0.1) is 6.54 Å². The lowest BCUT2D eigenvalue weighted by molar-refractivity contribution is -0.107. The molecule has 1 atom stereocenters.